The molecule has 0 atom stereocenters. The normalized spacial score (nSPS) is 15.0. The third-order valence-corrected chi connectivity index (χ3v) is 3.58. The Morgan fingerprint density at radius 3 is 2.39 bits per heavy atom. The molecule has 0 spiro atoms. The molecule has 7 heteroatoms. The topological polar surface area (TPSA) is 80.3 Å². The largest absolute Gasteiger partial charge is 0.378 e. The second-order valence-electron chi connectivity index (χ2n) is 5.06. The van der Waals surface area contributed by atoms with Crippen molar-refractivity contribution in [1.29, 1.82) is 0 Å². The van der Waals surface area contributed by atoms with Crippen LogP contribution in [0.25, 0.3) is 0 Å². The van der Waals surface area contributed by atoms with Crippen molar-refractivity contribution in [2.24, 2.45) is 10.2 Å². The van der Waals surface area contributed by atoms with E-state index >= 15 is 0 Å². The van der Waals surface area contributed by atoms with E-state index in [1.807, 2.05) is 24.3 Å². The maximum absolute atomic E-state index is 10.9. The minimum atomic E-state index is -0.462. The van der Waals surface area contributed by atoms with Gasteiger partial charge in [0, 0.05) is 24.8 Å². The van der Waals surface area contributed by atoms with Crippen LogP contribution >= 0.6 is 0 Å². The molecule has 1 aliphatic rings. The van der Waals surface area contributed by atoms with Gasteiger partial charge in [0.05, 0.1) is 23.8 Å². The molecule has 0 radical (unpaired) electrons. The van der Waals surface area contributed by atoms with Gasteiger partial charge in [-0.3, -0.25) is 10.1 Å². The Bertz CT molecular complexity index is 710. The average Bonchev–Trinajstić information content (AvgIpc) is 2.61. The molecule has 23 heavy (non-hydrogen) atoms. The smallest absolute Gasteiger partial charge is 0.296 e. The maximum atomic E-state index is 10.9. The van der Waals surface area contributed by atoms with Gasteiger partial charge in [-0.05, 0) is 30.3 Å². The molecule has 0 bridgehead atoms. The van der Waals surface area contributed by atoms with Gasteiger partial charge in [-0.1, -0.05) is 12.1 Å². The molecule has 2 aromatic carbocycles. The molecule has 1 saturated heterocycles. The van der Waals surface area contributed by atoms with Crippen LogP contribution in [0, 0.1) is 10.1 Å². The average molecular weight is 312 g/mol. The molecule has 0 aliphatic carbocycles. The van der Waals surface area contributed by atoms with Crippen LogP contribution in [0.4, 0.5) is 22.7 Å². The quantitative estimate of drug-likeness (QED) is 0.488. The molecular formula is C16H16N4O3. The molecular weight excluding hydrogens is 296 g/mol. The predicted octanol–water partition coefficient (Wildman–Crippen LogP) is 3.85. The van der Waals surface area contributed by atoms with E-state index in [-0.39, 0.29) is 11.4 Å². The summed E-state index contributed by atoms with van der Waals surface area (Å²) in [6.45, 7) is 3.21. The lowest BCUT2D eigenvalue weighted by Gasteiger charge is -2.28. The monoisotopic (exact) mass is 312 g/mol. The van der Waals surface area contributed by atoms with Crippen LogP contribution in [-0.4, -0.2) is 31.2 Å². The van der Waals surface area contributed by atoms with Crippen molar-refractivity contribution in [2.75, 3.05) is 31.2 Å². The molecule has 0 amide bonds. The SMILES string of the molecule is O=[N+]([O-])c1ccccc1N=Nc1ccc(N2CCOCC2)cc1. The number of ether oxygens (including phenoxy) is 1. The van der Waals surface area contributed by atoms with E-state index in [9.17, 15) is 10.1 Å². The fourth-order valence-corrected chi connectivity index (χ4v) is 2.37. The second-order valence-corrected chi connectivity index (χ2v) is 5.06. The van der Waals surface area contributed by atoms with Crippen LogP contribution in [0.3, 0.4) is 0 Å². The van der Waals surface area contributed by atoms with Crippen molar-refractivity contribution in [3.05, 3.63) is 58.6 Å². The van der Waals surface area contributed by atoms with Gasteiger partial charge in [-0.15, -0.1) is 5.11 Å². The molecule has 2 aromatic rings. The Labute approximate surface area is 133 Å². The molecule has 0 N–H and O–H groups in total. The number of anilines is 1. The maximum Gasteiger partial charge on any atom is 0.296 e. The highest BCUT2D eigenvalue weighted by atomic mass is 16.6. The third-order valence-electron chi connectivity index (χ3n) is 3.58. The lowest BCUT2D eigenvalue weighted by atomic mass is 10.2. The number of nitro benzene ring substituents is 1. The summed E-state index contributed by atoms with van der Waals surface area (Å²) in [6.07, 6.45) is 0. The standard InChI is InChI=1S/C16H16N4O3/c21-20(22)16-4-2-1-3-15(16)18-17-13-5-7-14(8-6-13)19-9-11-23-12-10-19/h1-8H,9-12H2. The zero-order chi connectivity index (χ0) is 16.1. The molecule has 1 fully saturated rings. The lowest BCUT2D eigenvalue weighted by Crippen LogP contribution is -2.36. The highest BCUT2D eigenvalue weighted by Gasteiger charge is 2.12. The van der Waals surface area contributed by atoms with Crippen molar-refractivity contribution < 1.29 is 9.66 Å². The zero-order valence-corrected chi connectivity index (χ0v) is 12.5. The van der Waals surface area contributed by atoms with Gasteiger partial charge in [0.1, 0.15) is 0 Å². The summed E-state index contributed by atoms with van der Waals surface area (Å²) in [5.41, 5.74) is 1.95. The van der Waals surface area contributed by atoms with E-state index in [0.29, 0.717) is 5.69 Å². The Balaban J connectivity index is 1.74. The highest BCUT2D eigenvalue weighted by Crippen LogP contribution is 2.28. The number of hydrogen-bond acceptors (Lipinski definition) is 6. The van der Waals surface area contributed by atoms with Crippen LogP contribution in [0.1, 0.15) is 0 Å². The van der Waals surface area contributed by atoms with Gasteiger partial charge in [-0.2, -0.15) is 5.11 Å². The molecule has 7 nitrogen and oxygen atoms in total. The fourth-order valence-electron chi connectivity index (χ4n) is 2.37. The van der Waals surface area contributed by atoms with Crippen LogP contribution in [-0.2, 0) is 4.74 Å². The predicted molar refractivity (Wildman–Crippen MR) is 86.7 cm³/mol. The fraction of sp³-hybridized carbons (Fsp3) is 0.250. The Morgan fingerprint density at radius 1 is 1.00 bits per heavy atom. The molecule has 118 valence electrons. The summed E-state index contributed by atoms with van der Waals surface area (Å²) >= 11 is 0. The first kappa shape index (κ1) is 15.1. The summed E-state index contributed by atoms with van der Waals surface area (Å²) in [5.74, 6) is 0. The number of para-hydroxylation sites is 1. The number of morpholine rings is 1. The molecule has 1 heterocycles. The number of benzene rings is 2. The Morgan fingerprint density at radius 2 is 1.70 bits per heavy atom. The molecule has 3 rings (SSSR count). The van der Waals surface area contributed by atoms with E-state index in [1.165, 1.54) is 6.07 Å². The molecule has 1 aliphatic heterocycles. The molecule has 0 aromatic heterocycles. The number of nitrogens with zero attached hydrogens (tertiary/aromatic N) is 4. The lowest BCUT2D eigenvalue weighted by molar-refractivity contribution is -0.384. The van der Waals surface area contributed by atoms with E-state index < -0.39 is 4.92 Å². The van der Waals surface area contributed by atoms with Crippen molar-refractivity contribution in [3.8, 4) is 0 Å². The highest BCUT2D eigenvalue weighted by molar-refractivity contribution is 5.57. The summed E-state index contributed by atoms with van der Waals surface area (Å²) in [5, 5.41) is 19.0. The van der Waals surface area contributed by atoms with Gasteiger partial charge >= 0.3 is 0 Å². The van der Waals surface area contributed by atoms with E-state index in [1.54, 1.807) is 18.2 Å². The number of azo groups is 1. The van der Waals surface area contributed by atoms with Crippen LogP contribution in [0.15, 0.2) is 58.8 Å². The van der Waals surface area contributed by atoms with Gasteiger partial charge < -0.3 is 9.64 Å². The van der Waals surface area contributed by atoms with Gasteiger partial charge in [-0.25, -0.2) is 0 Å². The zero-order valence-electron chi connectivity index (χ0n) is 12.5. The van der Waals surface area contributed by atoms with Gasteiger partial charge in [0.15, 0.2) is 5.69 Å². The van der Waals surface area contributed by atoms with E-state index in [0.717, 1.165) is 32.0 Å². The Hall–Kier alpha value is -2.80. The first-order chi connectivity index (χ1) is 11.2. The third kappa shape index (κ3) is 3.70. The minimum Gasteiger partial charge on any atom is -0.378 e. The summed E-state index contributed by atoms with van der Waals surface area (Å²) in [4.78, 5) is 12.7. The van der Waals surface area contributed by atoms with Crippen LogP contribution in [0.2, 0.25) is 0 Å². The van der Waals surface area contributed by atoms with Crippen molar-refractivity contribution in [1.82, 2.24) is 0 Å². The first-order valence-electron chi connectivity index (χ1n) is 7.32. The van der Waals surface area contributed by atoms with Gasteiger partial charge in [0.2, 0.25) is 0 Å². The van der Waals surface area contributed by atoms with Crippen molar-refractivity contribution in [2.45, 2.75) is 0 Å². The minimum absolute atomic E-state index is 0.0545. The number of rotatable bonds is 4. The van der Waals surface area contributed by atoms with E-state index in [4.69, 9.17) is 4.74 Å². The molecule has 0 saturated carbocycles. The summed E-state index contributed by atoms with van der Waals surface area (Å²) in [6, 6.07) is 13.9. The number of nitro groups is 1. The van der Waals surface area contributed by atoms with Crippen LogP contribution in [0.5, 0.6) is 0 Å². The van der Waals surface area contributed by atoms with Gasteiger partial charge in [0.25, 0.3) is 5.69 Å². The van der Waals surface area contributed by atoms with Crippen molar-refractivity contribution >= 4 is 22.7 Å². The van der Waals surface area contributed by atoms with E-state index in [2.05, 4.69) is 15.1 Å². The Kier molecular flexibility index (Phi) is 4.58. The summed E-state index contributed by atoms with van der Waals surface area (Å²) in [7, 11) is 0. The van der Waals surface area contributed by atoms with Crippen LogP contribution < -0.4 is 4.90 Å². The number of hydrogen-bond donors (Lipinski definition) is 0. The second kappa shape index (κ2) is 6.97. The summed E-state index contributed by atoms with van der Waals surface area (Å²) < 4.78 is 5.33. The first-order valence-corrected chi connectivity index (χ1v) is 7.32. The molecule has 0 unspecified atom stereocenters. The van der Waals surface area contributed by atoms with Crippen molar-refractivity contribution in [3.63, 3.8) is 0 Å².